The Kier molecular flexibility index (Phi) is 3.96. The van der Waals surface area contributed by atoms with Crippen LogP contribution in [0.25, 0.3) is 0 Å². The van der Waals surface area contributed by atoms with E-state index in [1.54, 1.807) is 5.51 Å². The summed E-state index contributed by atoms with van der Waals surface area (Å²) in [6, 6.07) is 0. The van der Waals surface area contributed by atoms with Crippen LogP contribution in [0.3, 0.4) is 0 Å². The van der Waals surface area contributed by atoms with Crippen molar-refractivity contribution in [3.05, 3.63) is 5.51 Å². The third-order valence-electron chi connectivity index (χ3n) is 2.37. The number of piperidine rings is 1. The third-order valence-corrected chi connectivity index (χ3v) is 4.21. The van der Waals surface area contributed by atoms with E-state index in [2.05, 4.69) is 10.2 Å². The van der Waals surface area contributed by atoms with Gasteiger partial charge in [0.15, 0.2) is 4.34 Å². The molecule has 1 aromatic rings. The van der Waals surface area contributed by atoms with Crippen LogP contribution in [0.15, 0.2) is 9.85 Å². The van der Waals surface area contributed by atoms with Crippen LogP contribution in [0.2, 0.25) is 0 Å². The van der Waals surface area contributed by atoms with Gasteiger partial charge in [0.1, 0.15) is 5.51 Å². The van der Waals surface area contributed by atoms with E-state index >= 15 is 0 Å². The predicted octanol–water partition coefficient (Wildman–Crippen LogP) is 1.64. The van der Waals surface area contributed by atoms with Crippen molar-refractivity contribution in [1.29, 1.82) is 0 Å². The Morgan fingerprint density at radius 3 is 2.93 bits per heavy atom. The molecule has 0 radical (unpaired) electrons. The molecule has 1 aliphatic heterocycles. The third kappa shape index (κ3) is 3.17. The highest BCUT2D eigenvalue weighted by Crippen LogP contribution is 2.20. The number of hydrogen-bond acceptors (Lipinski definition) is 5. The molecule has 0 N–H and O–H groups in total. The highest BCUT2D eigenvalue weighted by Gasteiger charge is 2.16. The molecule has 1 saturated heterocycles. The summed E-state index contributed by atoms with van der Waals surface area (Å²) in [7, 11) is 0. The van der Waals surface area contributed by atoms with Gasteiger partial charge >= 0.3 is 0 Å². The molecule has 0 aromatic carbocycles. The summed E-state index contributed by atoms with van der Waals surface area (Å²) in [5.41, 5.74) is 1.69. The first-order valence-corrected chi connectivity index (χ1v) is 6.89. The van der Waals surface area contributed by atoms with E-state index in [-0.39, 0.29) is 5.91 Å². The van der Waals surface area contributed by atoms with Gasteiger partial charge in [0, 0.05) is 13.1 Å². The minimum Gasteiger partial charge on any atom is -0.342 e. The largest absolute Gasteiger partial charge is 0.342 e. The summed E-state index contributed by atoms with van der Waals surface area (Å²) in [5.74, 6) is 0.727. The smallest absolute Gasteiger partial charge is 0.233 e. The fourth-order valence-electron chi connectivity index (χ4n) is 1.58. The zero-order chi connectivity index (χ0) is 10.5. The van der Waals surface area contributed by atoms with Crippen molar-refractivity contribution in [3.63, 3.8) is 0 Å². The van der Waals surface area contributed by atoms with Crippen molar-refractivity contribution in [2.24, 2.45) is 0 Å². The lowest BCUT2D eigenvalue weighted by Gasteiger charge is -2.26. The van der Waals surface area contributed by atoms with Gasteiger partial charge in [-0.1, -0.05) is 23.1 Å². The van der Waals surface area contributed by atoms with Crippen molar-refractivity contribution in [2.45, 2.75) is 23.6 Å². The van der Waals surface area contributed by atoms with Crippen LogP contribution >= 0.6 is 23.1 Å². The number of rotatable bonds is 3. The normalized spacial score (nSPS) is 16.7. The molecule has 6 heteroatoms. The van der Waals surface area contributed by atoms with E-state index in [0.29, 0.717) is 5.75 Å². The monoisotopic (exact) mass is 243 g/mol. The first-order valence-electron chi connectivity index (χ1n) is 5.03. The van der Waals surface area contributed by atoms with Gasteiger partial charge in [0.25, 0.3) is 0 Å². The Morgan fingerprint density at radius 1 is 1.47 bits per heavy atom. The summed E-state index contributed by atoms with van der Waals surface area (Å²) < 4.78 is 0.875. The molecule has 0 saturated carbocycles. The average molecular weight is 243 g/mol. The number of hydrogen-bond donors (Lipinski definition) is 0. The summed E-state index contributed by atoms with van der Waals surface area (Å²) in [4.78, 5) is 13.7. The summed E-state index contributed by atoms with van der Waals surface area (Å²) in [5, 5.41) is 7.63. The Hall–Kier alpha value is -0.620. The Balaban J connectivity index is 1.76. The van der Waals surface area contributed by atoms with Crippen LogP contribution < -0.4 is 0 Å². The molecular formula is C9H13N3OS2. The second-order valence-corrected chi connectivity index (χ2v) is 5.49. The van der Waals surface area contributed by atoms with Crippen LogP contribution in [-0.4, -0.2) is 39.8 Å². The molecule has 1 amide bonds. The predicted molar refractivity (Wildman–Crippen MR) is 61.1 cm³/mol. The molecule has 2 heterocycles. The van der Waals surface area contributed by atoms with Crippen LogP contribution in [0.4, 0.5) is 0 Å². The lowest BCUT2D eigenvalue weighted by molar-refractivity contribution is -0.129. The fraction of sp³-hybridized carbons (Fsp3) is 0.667. The van der Waals surface area contributed by atoms with Gasteiger partial charge in [-0.2, -0.15) is 0 Å². The van der Waals surface area contributed by atoms with Crippen molar-refractivity contribution in [1.82, 2.24) is 15.1 Å². The highest BCUT2D eigenvalue weighted by atomic mass is 32.2. The standard InChI is InChI=1S/C9H13N3OS2/c13-8(12-4-2-1-3-5-12)6-14-9-11-10-7-15-9/h7H,1-6H2. The Morgan fingerprint density at radius 2 is 2.27 bits per heavy atom. The topological polar surface area (TPSA) is 46.1 Å². The highest BCUT2D eigenvalue weighted by molar-refractivity contribution is 8.01. The van der Waals surface area contributed by atoms with Crippen molar-refractivity contribution < 1.29 is 4.79 Å². The number of carbonyl (C=O) groups excluding carboxylic acids is 1. The van der Waals surface area contributed by atoms with Crippen molar-refractivity contribution >= 4 is 29.0 Å². The Bertz CT molecular complexity index is 309. The maximum absolute atomic E-state index is 11.8. The van der Waals surface area contributed by atoms with Gasteiger partial charge in [-0.3, -0.25) is 4.79 Å². The molecule has 0 atom stereocenters. The van der Waals surface area contributed by atoms with Crippen molar-refractivity contribution in [3.8, 4) is 0 Å². The number of aromatic nitrogens is 2. The van der Waals surface area contributed by atoms with Crippen molar-refractivity contribution in [2.75, 3.05) is 18.8 Å². The maximum atomic E-state index is 11.8. The average Bonchev–Trinajstić information content (AvgIpc) is 2.80. The summed E-state index contributed by atoms with van der Waals surface area (Å²) >= 11 is 2.96. The fourth-order valence-corrected chi connectivity index (χ4v) is 2.98. The first-order chi connectivity index (χ1) is 7.36. The van der Waals surface area contributed by atoms with E-state index in [9.17, 15) is 4.79 Å². The van der Waals surface area contributed by atoms with Gasteiger partial charge < -0.3 is 4.90 Å². The molecular weight excluding hydrogens is 230 g/mol. The number of likely N-dealkylation sites (tertiary alicyclic amines) is 1. The van der Waals surface area contributed by atoms with E-state index in [0.717, 1.165) is 30.3 Å². The van der Waals surface area contributed by atoms with E-state index < -0.39 is 0 Å². The summed E-state index contributed by atoms with van der Waals surface area (Å²) in [6.07, 6.45) is 3.55. The van der Waals surface area contributed by atoms with Crippen LogP contribution in [-0.2, 0) is 4.79 Å². The molecule has 0 aliphatic carbocycles. The van der Waals surface area contributed by atoms with E-state index in [1.807, 2.05) is 4.90 Å². The second-order valence-electron chi connectivity index (χ2n) is 3.43. The molecule has 82 valence electrons. The maximum Gasteiger partial charge on any atom is 0.233 e. The molecule has 1 aromatic heterocycles. The lowest BCUT2D eigenvalue weighted by Crippen LogP contribution is -2.36. The molecule has 0 unspecified atom stereocenters. The molecule has 0 bridgehead atoms. The van der Waals surface area contributed by atoms with E-state index in [4.69, 9.17) is 0 Å². The van der Waals surface area contributed by atoms with Crippen LogP contribution in [0.1, 0.15) is 19.3 Å². The number of carbonyl (C=O) groups is 1. The number of nitrogens with zero attached hydrogens (tertiary/aromatic N) is 3. The van der Waals surface area contributed by atoms with Gasteiger partial charge in [-0.25, -0.2) is 0 Å². The summed E-state index contributed by atoms with van der Waals surface area (Å²) in [6.45, 7) is 1.85. The Labute approximate surface area is 97.1 Å². The van der Waals surface area contributed by atoms with Crippen LogP contribution in [0, 0.1) is 0 Å². The molecule has 15 heavy (non-hydrogen) atoms. The minimum absolute atomic E-state index is 0.231. The van der Waals surface area contributed by atoms with Gasteiger partial charge in [0.05, 0.1) is 5.75 Å². The molecule has 4 nitrogen and oxygen atoms in total. The van der Waals surface area contributed by atoms with E-state index in [1.165, 1.54) is 29.5 Å². The lowest BCUT2D eigenvalue weighted by atomic mass is 10.1. The SMILES string of the molecule is O=C(CSc1nncs1)N1CCCCC1. The van der Waals surface area contributed by atoms with Gasteiger partial charge in [-0.15, -0.1) is 10.2 Å². The molecule has 1 fully saturated rings. The van der Waals surface area contributed by atoms with Gasteiger partial charge in [-0.05, 0) is 19.3 Å². The second kappa shape index (κ2) is 5.46. The minimum atomic E-state index is 0.231. The molecule has 2 rings (SSSR count). The molecule has 0 spiro atoms. The number of thioether (sulfide) groups is 1. The molecule has 1 aliphatic rings. The zero-order valence-electron chi connectivity index (χ0n) is 8.39. The zero-order valence-corrected chi connectivity index (χ0v) is 10.0. The number of amides is 1. The quantitative estimate of drug-likeness (QED) is 0.757. The van der Waals surface area contributed by atoms with Crippen LogP contribution in [0.5, 0.6) is 0 Å². The van der Waals surface area contributed by atoms with Gasteiger partial charge in [0.2, 0.25) is 5.91 Å². The first kappa shape index (κ1) is 10.9.